The topological polar surface area (TPSA) is 77.8 Å². The van der Waals surface area contributed by atoms with Crippen molar-refractivity contribution in [2.24, 2.45) is 0 Å². The van der Waals surface area contributed by atoms with Crippen LogP contribution in [-0.4, -0.2) is 42.1 Å². The van der Waals surface area contributed by atoms with Crippen LogP contribution in [0.5, 0.6) is 0 Å². The van der Waals surface area contributed by atoms with Gasteiger partial charge in [-0.3, -0.25) is 4.79 Å². The van der Waals surface area contributed by atoms with Crippen LogP contribution in [-0.2, 0) is 9.47 Å². The fraction of sp³-hybridized carbons (Fsp3) is 0.500. The Bertz CT molecular complexity index is 495. The summed E-state index contributed by atoms with van der Waals surface area (Å²) in [6.07, 6.45) is 1.98. The lowest BCUT2D eigenvalue weighted by molar-refractivity contribution is -0.0609. The summed E-state index contributed by atoms with van der Waals surface area (Å²) in [5.41, 5.74) is -0.724. The van der Waals surface area contributed by atoms with E-state index in [-0.39, 0.29) is 17.7 Å². The van der Waals surface area contributed by atoms with E-state index in [2.05, 4.69) is 0 Å². The van der Waals surface area contributed by atoms with Gasteiger partial charge in [-0.1, -0.05) is 0 Å². The minimum atomic E-state index is -1.21. The molecule has 0 radical (unpaired) electrons. The van der Waals surface area contributed by atoms with Crippen molar-refractivity contribution in [1.82, 2.24) is 4.57 Å². The van der Waals surface area contributed by atoms with E-state index in [1.807, 2.05) is 0 Å². The van der Waals surface area contributed by atoms with Gasteiger partial charge in [0.25, 0.3) is 5.56 Å². The maximum atomic E-state index is 12.1. The quantitative estimate of drug-likeness (QED) is 0.849. The van der Waals surface area contributed by atoms with Crippen molar-refractivity contribution in [3.8, 4) is 0 Å². The normalized spacial score (nSPS) is 23.8. The van der Waals surface area contributed by atoms with E-state index in [0.29, 0.717) is 19.6 Å². The summed E-state index contributed by atoms with van der Waals surface area (Å²) in [6, 6.07) is 2.69. The van der Waals surface area contributed by atoms with Crippen molar-refractivity contribution < 1.29 is 19.4 Å². The van der Waals surface area contributed by atoms with E-state index in [4.69, 9.17) is 14.6 Å². The standard InChI is InChI=1S/C12H15NO5/c1-17-10-7-18-6-4-9(10)13-5-2-3-8(11(13)14)12(15)16/h2-3,5,9-10H,4,6-7H2,1H3,(H,15,16)/t9?,10-/m1/s1. The van der Waals surface area contributed by atoms with Crippen LogP contribution in [0, 0.1) is 0 Å². The van der Waals surface area contributed by atoms with Gasteiger partial charge in [0, 0.05) is 19.9 Å². The van der Waals surface area contributed by atoms with Crippen LogP contribution >= 0.6 is 0 Å². The smallest absolute Gasteiger partial charge is 0.341 e. The van der Waals surface area contributed by atoms with E-state index in [9.17, 15) is 9.59 Å². The largest absolute Gasteiger partial charge is 0.477 e. The van der Waals surface area contributed by atoms with E-state index < -0.39 is 11.5 Å². The monoisotopic (exact) mass is 253 g/mol. The lowest BCUT2D eigenvalue weighted by Gasteiger charge is -2.31. The van der Waals surface area contributed by atoms with Gasteiger partial charge in [0.05, 0.1) is 12.6 Å². The molecule has 2 rings (SSSR count). The Morgan fingerprint density at radius 2 is 2.39 bits per heavy atom. The molecule has 0 aliphatic carbocycles. The molecule has 2 heterocycles. The molecule has 2 atom stereocenters. The van der Waals surface area contributed by atoms with Gasteiger partial charge in [-0.25, -0.2) is 4.79 Å². The molecule has 1 fully saturated rings. The Morgan fingerprint density at radius 1 is 1.61 bits per heavy atom. The molecule has 18 heavy (non-hydrogen) atoms. The van der Waals surface area contributed by atoms with Gasteiger partial charge >= 0.3 is 5.97 Å². The van der Waals surface area contributed by atoms with Crippen LogP contribution in [0.4, 0.5) is 0 Å². The molecule has 1 aromatic heterocycles. The number of aromatic carboxylic acids is 1. The molecule has 6 nitrogen and oxygen atoms in total. The summed E-state index contributed by atoms with van der Waals surface area (Å²) in [5, 5.41) is 8.94. The van der Waals surface area contributed by atoms with E-state index in [0.717, 1.165) is 0 Å². The average Bonchev–Trinajstić information content (AvgIpc) is 2.38. The fourth-order valence-corrected chi connectivity index (χ4v) is 2.18. The molecule has 1 aromatic rings. The molecule has 1 aliphatic heterocycles. The van der Waals surface area contributed by atoms with Gasteiger partial charge in [0.2, 0.25) is 0 Å². The van der Waals surface area contributed by atoms with Gasteiger partial charge in [-0.15, -0.1) is 0 Å². The number of hydrogen-bond donors (Lipinski definition) is 1. The zero-order chi connectivity index (χ0) is 13.1. The molecular weight excluding hydrogens is 238 g/mol. The average molecular weight is 253 g/mol. The van der Waals surface area contributed by atoms with Crippen LogP contribution in [0.3, 0.4) is 0 Å². The Hall–Kier alpha value is -1.66. The summed E-state index contributed by atoms with van der Waals surface area (Å²) in [5.74, 6) is -1.21. The highest BCUT2D eigenvalue weighted by Gasteiger charge is 2.28. The van der Waals surface area contributed by atoms with E-state index in [1.54, 1.807) is 19.4 Å². The molecule has 0 saturated carbocycles. The second-order valence-electron chi connectivity index (χ2n) is 4.14. The predicted molar refractivity (Wildman–Crippen MR) is 62.9 cm³/mol. The van der Waals surface area contributed by atoms with Crippen molar-refractivity contribution in [1.29, 1.82) is 0 Å². The Kier molecular flexibility index (Phi) is 3.78. The summed E-state index contributed by atoms with van der Waals surface area (Å²) in [7, 11) is 1.55. The van der Waals surface area contributed by atoms with Gasteiger partial charge in [0.15, 0.2) is 0 Å². The lowest BCUT2D eigenvalue weighted by atomic mass is 10.1. The summed E-state index contributed by atoms with van der Waals surface area (Å²) >= 11 is 0. The highest BCUT2D eigenvalue weighted by Crippen LogP contribution is 2.22. The lowest BCUT2D eigenvalue weighted by Crippen LogP contribution is -2.41. The number of aromatic nitrogens is 1. The van der Waals surface area contributed by atoms with E-state index in [1.165, 1.54) is 10.6 Å². The van der Waals surface area contributed by atoms with Gasteiger partial charge in [0.1, 0.15) is 11.7 Å². The van der Waals surface area contributed by atoms with Gasteiger partial charge < -0.3 is 19.1 Å². The van der Waals surface area contributed by atoms with Crippen molar-refractivity contribution in [3.05, 3.63) is 34.2 Å². The van der Waals surface area contributed by atoms with Gasteiger partial charge in [-0.2, -0.15) is 0 Å². The van der Waals surface area contributed by atoms with Gasteiger partial charge in [-0.05, 0) is 18.6 Å². The van der Waals surface area contributed by atoms with Crippen LogP contribution in [0.2, 0.25) is 0 Å². The summed E-state index contributed by atoms with van der Waals surface area (Å²) in [4.78, 5) is 23.0. The van der Waals surface area contributed by atoms with Crippen molar-refractivity contribution >= 4 is 5.97 Å². The molecule has 6 heteroatoms. The minimum Gasteiger partial charge on any atom is -0.477 e. The fourth-order valence-electron chi connectivity index (χ4n) is 2.18. The summed E-state index contributed by atoms with van der Waals surface area (Å²) < 4.78 is 12.0. The number of pyridine rings is 1. The molecular formula is C12H15NO5. The molecule has 98 valence electrons. The van der Waals surface area contributed by atoms with Crippen molar-refractivity contribution in [3.63, 3.8) is 0 Å². The van der Waals surface area contributed by atoms with Crippen LogP contribution in [0.25, 0.3) is 0 Å². The molecule has 1 unspecified atom stereocenters. The molecule has 1 saturated heterocycles. The first-order valence-electron chi connectivity index (χ1n) is 5.70. The molecule has 0 amide bonds. The number of methoxy groups -OCH3 is 1. The highest BCUT2D eigenvalue weighted by atomic mass is 16.5. The number of ether oxygens (including phenoxy) is 2. The Balaban J connectivity index is 2.41. The zero-order valence-corrected chi connectivity index (χ0v) is 10.0. The molecule has 0 spiro atoms. The number of carboxylic acids is 1. The second-order valence-corrected chi connectivity index (χ2v) is 4.14. The first-order valence-corrected chi connectivity index (χ1v) is 5.70. The molecule has 1 N–H and O–H groups in total. The first-order chi connectivity index (χ1) is 8.65. The molecule has 1 aliphatic rings. The minimum absolute atomic E-state index is 0.185. The molecule has 0 aromatic carbocycles. The first kappa shape index (κ1) is 12.8. The third kappa shape index (κ3) is 2.30. The van der Waals surface area contributed by atoms with Crippen LogP contribution < -0.4 is 5.56 Å². The predicted octanol–water partition coefficient (Wildman–Crippen LogP) is 0.523. The van der Waals surface area contributed by atoms with Crippen molar-refractivity contribution in [2.75, 3.05) is 20.3 Å². The molecule has 0 bridgehead atoms. The number of carbonyl (C=O) groups is 1. The number of carboxylic acid groups (broad SMARTS) is 1. The third-order valence-electron chi connectivity index (χ3n) is 3.13. The highest BCUT2D eigenvalue weighted by molar-refractivity contribution is 5.86. The van der Waals surface area contributed by atoms with Crippen LogP contribution in [0.1, 0.15) is 22.8 Å². The third-order valence-corrected chi connectivity index (χ3v) is 3.13. The number of nitrogens with zero attached hydrogens (tertiary/aromatic N) is 1. The van der Waals surface area contributed by atoms with Crippen LogP contribution in [0.15, 0.2) is 23.1 Å². The maximum Gasteiger partial charge on any atom is 0.341 e. The number of hydrogen-bond acceptors (Lipinski definition) is 4. The SMILES string of the molecule is CO[C@@H]1COCCC1n1cccc(C(=O)O)c1=O. The zero-order valence-electron chi connectivity index (χ0n) is 10.0. The van der Waals surface area contributed by atoms with E-state index >= 15 is 0 Å². The maximum absolute atomic E-state index is 12.1. The Labute approximate surface area is 104 Å². The second kappa shape index (κ2) is 5.32. The number of rotatable bonds is 3. The Morgan fingerprint density at radius 3 is 3.06 bits per heavy atom. The summed E-state index contributed by atoms with van der Waals surface area (Å²) in [6.45, 7) is 0.944. The van der Waals surface area contributed by atoms with Crippen molar-refractivity contribution in [2.45, 2.75) is 18.6 Å².